The van der Waals surface area contributed by atoms with Gasteiger partial charge in [-0.25, -0.2) is 0 Å². The first kappa shape index (κ1) is 17.7. The highest BCUT2D eigenvalue weighted by Crippen LogP contribution is 2.17. The fourth-order valence-corrected chi connectivity index (χ4v) is 3.49. The Kier molecular flexibility index (Phi) is 5.87. The molecule has 0 radical (unpaired) electrons. The first-order valence-electron chi connectivity index (χ1n) is 9.19. The Morgan fingerprint density at radius 1 is 1.28 bits per heavy atom. The number of carbonyl (C=O) groups is 1. The monoisotopic (exact) mass is 340 g/mol. The van der Waals surface area contributed by atoms with Crippen molar-refractivity contribution in [2.24, 2.45) is 7.05 Å². The van der Waals surface area contributed by atoms with E-state index in [-0.39, 0.29) is 11.9 Å². The summed E-state index contributed by atoms with van der Waals surface area (Å²) in [6.45, 7) is 4.42. The molecule has 1 aliphatic heterocycles. The fraction of sp³-hybridized carbons (Fsp3) is 0.500. The summed E-state index contributed by atoms with van der Waals surface area (Å²) in [5, 5.41) is 7.21. The Hall–Kier alpha value is -2.14. The molecule has 0 aliphatic carbocycles. The van der Waals surface area contributed by atoms with Crippen molar-refractivity contribution in [3.05, 3.63) is 53.9 Å². The summed E-state index contributed by atoms with van der Waals surface area (Å²) in [5.74, 6) is -0.0105. The van der Waals surface area contributed by atoms with E-state index in [2.05, 4.69) is 52.6 Å². The largest absolute Gasteiger partial charge is 0.349 e. The van der Waals surface area contributed by atoms with Gasteiger partial charge in [0, 0.05) is 38.4 Å². The van der Waals surface area contributed by atoms with Crippen LogP contribution in [0.25, 0.3) is 0 Å². The minimum atomic E-state index is -0.0105. The van der Waals surface area contributed by atoms with Crippen LogP contribution in [0.4, 0.5) is 0 Å². The summed E-state index contributed by atoms with van der Waals surface area (Å²) in [6.07, 6.45) is 7.71. The summed E-state index contributed by atoms with van der Waals surface area (Å²) >= 11 is 0. The lowest BCUT2D eigenvalue weighted by Crippen LogP contribution is -2.47. The minimum Gasteiger partial charge on any atom is -0.349 e. The molecule has 1 atom stereocenters. The molecule has 5 heteroatoms. The molecule has 0 saturated carbocycles. The van der Waals surface area contributed by atoms with E-state index < -0.39 is 0 Å². The molecule has 1 aromatic carbocycles. The standard InChI is InChI=1S/C20H28N4O/c1-16(8-9-17-6-4-3-5-7-17)24-12-10-19(11-13-24)22-20(25)18-14-21-23(2)15-18/h3-7,14-16,19H,8-13H2,1-2H3,(H,22,25)/t16-/m1/s1. The summed E-state index contributed by atoms with van der Waals surface area (Å²) in [5.41, 5.74) is 2.05. The third-order valence-electron chi connectivity index (χ3n) is 5.15. The van der Waals surface area contributed by atoms with Gasteiger partial charge in [-0.3, -0.25) is 9.48 Å². The van der Waals surface area contributed by atoms with Crippen LogP contribution in [0.2, 0.25) is 0 Å². The van der Waals surface area contributed by atoms with Crippen molar-refractivity contribution in [1.29, 1.82) is 0 Å². The molecule has 1 aromatic heterocycles. The number of hydrogen-bond acceptors (Lipinski definition) is 3. The van der Waals surface area contributed by atoms with Crippen LogP contribution in [-0.2, 0) is 13.5 Å². The van der Waals surface area contributed by atoms with E-state index in [1.54, 1.807) is 17.1 Å². The van der Waals surface area contributed by atoms with Crippen LogP contribution in [0.5, 0.6) is 0 Å². The SMILES string of the molecule is C[C@H](CCc1ccccc1)N1CCC(NC(=O)c2cnn(C)c2)CC1. The number of carbonyl (C=O) groups excluding carboxylic acids is 1. The Bertz CT molecular complexity index is 674. The maximum atomic E-state index is 12.2. The maximum absolute atomic E-state index is 12.2. The van der Waals surface area contributed by atoms with E-state index in [1.807, 2.05) is 7.05 Å². The molecular weight excluding hydrogens is 312 g/mol. The van der Waals surface area contributed by atoms with Crippen LogP contribution in [0, 0.1) is 0 Å². The lowest BCUT2D eigenvalue weighted by molar-refractivity contribution is 0.0893. The fourth-order valence-electron chi connectivity index (χ4n) is 3.49. The number of likely N-dealkylation sites (tertiary alicyclic amines) is 1. The van der Waals surface area contributed by atoms with Gasteiger partial charge in [0.2, 0.25) is 0 Å². The minimum absolute atomic E-state index is 0.0105. The van der Waals surface area contributed by atoms with E-state index in [9.17, 15) is 4.79 Å². The van der Waals surface area contributed by atoms with Gasteiger partial charge in [-0.05, 0) is 38.2 Å². The van der Waals surface area contributed by atoms with E-state index in [0.29, 0.717) is 11.6 Å². The predicted octanol–water partition coefficient (Wildman–Crippen LogP) is 2.64. The Labute approximate surface area is 150 Å². The second kappa shape index (κ2) is 8.30. The number of aryl methyl sites for hydroxylation is 2. The number of nitrogens with zero attached hydrogens (tertiary/aromatic N) is 3. The molecule has 3 rings (SSSR count). The van der Waals surface area contributed by atoms with Crippen molar-refractivity contribution in [3.8, 4) is 0 Å². The predicted molar refractivity (Wildman–Crippen MR) is 99.5 cm³/mol. The number of rotatable bonds is 6. The molecule has 1 aliphatic rings. The second-order valence-electron chi connectivity index (χ2n) is 7.06. The van der Waals surface area contributed by atoms with Gasteiger partial charge in [0.05, 0.1) is 11.8 Å². The maximum Gasteiger partial charge on any atom is 0.254 e. The number of hydrogen-bond donors (Lipinski definition) is 1. The molecule has 2 aromatic rings. The molecule has 0 spiro atoms. The number of amides is 1. The average molecular weight is 340 g/mol. The van der Waals surface area contributed by atoms with Crippen LogP contribution in [0.3, 0.4) is 0 Å². The van der Waals surface area contributed by atoms with Crippen LogP contribution >= 0.6 is 0 Å². The normalized spacial score (nSPS) is 17.4. The summed E-state index contributed by atoms with van der Waals surface area (Å²) in [7, 11) is 1.83. The first-order valence-corrected chi connectivity index (χ1v) is 9.19. The zero-order valence-corrected chi connectivity index (χ0v) is 15.2. The topological polar surface area (TPSA) is 50.2 Å². The smallest absolute Gasteiger partial charge is 0.254 e. The highest BCUT2D eigenvalue weighted by atomic mass is 16.1. The van der Waals surface area contributed by atoms with Gasteiger partial charge < -0.3 is 10.2 Å². The van der Waals surface area contributed by atoms with E-state index >= 15 is 0 Å². The molecule has 134 valence electrons. The molecule has 0 unspecified atom stereocenters. The molecular formula is C20H28N4O. The van der Waals surface area contributed by atoms with Gasteiger partial charge in [-0.15, -0.1) is 0 Å². The van der Waals surface area contributed by atoms with Crippen LogP contribution in [0.1, 0.15) is 42.1 Å². The quantitative estimate of drug-likeness (QED) is 0.879. The van der Waals surface area contributed by atoms with Crippen LogP contribution in [0.15, 0.2) is 42.7 Å². The summed E-state index contributed by atoms with van der Waals surface area (Å²) in [6, 6.07) is 11.5. The van der Waals surface area contributed by atoms with Crippen molar-refractivity contribution in [2.45, 2.75) is 44.7 Å². The van der Waals surface area contributed by atoms with Crippen molar-refractivity contribution in [2.75, 3.05) is 13.1 Å². The highest BCUT2D eigenvalue weighted by molar-refractivity contribution is 5.93. The zero-order chi connectivity index (χ0) is 17.6. The lowest BCUT2D eigenvalue weighted by atomic mass is 10.00. The molecule has 1 fully saturated rings. The van der Waals surface area contributed by atoms with Gasteiger partial charge >= 0.3 is 0 Å². The molecule has 1 amide bonds. The molecule has 1 N–H and O–H groups in total. The van der Waals surface area contributed by atoms with E-state index in [4.69, 9.17) is 0 Å². The summed E-state index contributed by atoms with van der Waals surface area (Å²) < 4.78 is 1.66. The molecule has 5 nitrogen and oxygen atoms in total. The highest BCUT2D eigenvalue weighted by Gasteiger charge is 2.24. The van der Waals surface area contributed by atoms with E-state index in [0.717, 1.165) is 32.4 Å². The Morgan fingerprint density at radius 3 is 2.64 bits per heavy atom. The second-order valence-corrected chi connectivity index (χ2v) is 7.06. The molecule has 25 heavy (non-hydrogen) atoms. The zero-order valence-electron chi connectivity index (χ0n) is 15.2. The molecule has 2 heterocycles. The van der Waals surface area contributed by atoms with Gasteiger partial charge in [-0.1, -0.05) is 30.3 Å². The summed E-state index contributed by atoms with van der Waals surface area (Å²) in [4.78, 5) is 14.8. The van der Waals surface area contributed by atoms with Crippen LogP contribution < -0.4 is 5.32 Å². The third kappa shape index (κ3) is 4.92. The van der Waals surface area contributed by atoms with Crippen molar-refractivity contribution in [1.82, 2.24) is 20.0 Å². The molecule has 1 saturated heterocycles. The average Bonchev–Trinajstić information content (AvgIpc) is 3.08. The molecule has 0 bridgehead atoms. The van der Waals surface area contributed by atoms with E-state index in [1.165, 1.54) is 12.0 Å². The third-order valence-corrected chi connectivity index (χ3v) is 5.15. The van der Waals surface area contributed by atoms with Gasteiger partial charge in [0.15, 0.2) is 0 Å². The lowest BCUT2D eigenvalue weighted by Gasteiger charge is -2.36. The first-order chi connectivity index (χ1) is 12.1. The van der Waals surface area contributed by atoms with Crippen molar-refractivity contribution >= 4 is 5.91 Å². The number of nitrogens with one attached hydrogen (secondary N) is 1. The van der Waals surface area contributed by atoms with Gasteiger partial charge in [-0.2, -0.15) is 5.10 Å². The number of piperidine rings is 1. The number of aromatic nitrogens is 2. The Balaban J connectivity index is 1.41. The number of benzene rings is 1. The van der Waals surface area contributed by atoms with Crippen molar-refractivity contribution in [3.63, 3.8) is 0 Å². The van der Waals surface area contributed by atoms with Gasteiger partial charge in [0.1, 0.15) is 0 Å². The van der Waals surface area contributed by atoms with Crippen LogP contribution in [-0.4, -0.2) is 45.8 Å². The van der Waals surface area contributed by atoms with Gasteiger partial charge in [0.25, 0.3) is 5.91 Å². The Morgan fingerprint density at radius 2 is 2.00 bits per heavy atom. The van der Waals surface area contributed by atoms with Crippen molar-refractivity contribution < 1.29 is 4.79 Å².